The predicted octanol–water partition coefficient (Wildman–Crippen LogP) is 1.45. The van der Waals surface area contributed by atoms with Gasteiger partial charge in [0.05, 0.1) is 17.3 Å². The van der Waals surface area contributed by atoms with Crippen LogP contribution in [0.3, 0.4) is 0 Å². The highest BCUT2D eigenvalue weighted by Crippen LogP contribution is 2.36. The molecule has 1 aliphatic heterocycles. The summed E-state index contributed by atoms with van der Waals surface area (Å²) in [5.41, 5.74) is 0.305. The standard InChI is InChI=1S/C16H22ClN3O5S/c1-10(2)4-5-18-15(21)8-20(3)26(23,24)14-7-13-12(6-11(14)17)19-16(22)9-25-13/h6-7,10H,4-5,8-9H2,1-3H3,(H,18,21)(H,19,22). The molecular formula is C16H22ClN3O5S. The molecule has 0 saturated heterocycles. The smallest absolute Gasteiger partial charge is 0.262 e. The molecule has 0 fully saturated rings. The Kier molecular flexibility index (Phi) is 6.48. The van der Waals surface area contributed by atoms with Crippen molar-refractivity contribution in [2.75, 3.05) is 32.1 Å². The Labute approximate surface area is 157 Å². The Morgan fingerprint density at radius 3 is 2.77 bits per heavy atom. The number of nitrogens with one attached hydrogen (secondary N) is 2. The van der Waals surface area contributed by atoms with Crippen LogP contribution in [0.15, 0.2) is 17.0 Å². The molecule has 1 heterocycles. The summed E-state index contributed by atoms with van der Waals surface area (Å²) in [6.07, 6.45) is 0.807. The van der Waals surface area contributed by atoms with E-state index in [1.165, 1.54) is 19.2 Å². The minimum atomic E-state index is -4.01. The Morgan fingerprint density at radius 1 is 1.42 bits per heavy atom. The minimum Gasteiger partial charge on any atom is -0.482 e. The van der Waals surface area contributed by atoms with Crippen molar-refractivity contribution in [3.63, 3.8) is 0 Å². The van der Waals surface area contributed by atoms with Crippen LogP contribution in [-0.2, 0) is 19.6 Å². The summed E-state index contributed by atoms with van der Waals surface area (Å²) in [5, 5.41) is 5.17. The van der Waals surface area contributed by atoms with Crippen molar-refractivity contribution in [1.82, 2.24) is 9.62 Å². The van der Waals surface area contributed by atoms with Crippen molar-refractivity contribution < 1.29 is 22.7 Å². The zero-order valence-electron chi connectivity index (χ0n) is 14.8. The monoisotopic (exact) mass is 403 g/mol. The van der Waals surface area contributed by atoms with E-state index in [1.807, 2.05) is 13.8 Å². The predicted molar refractivity (Wildman–Crippen MR) is 97.9 cm³/mol. The Morgan fingerprint density at radius 2 is 2.12 bits per heavy atom. The van der Waals surface area contributed by atoms with Crippen molar-refractivity contribution >= 4 is 39.1 Å². The molecule has 144 valence electrons. The number of nitrogens with zero attached hydrogens (tertiary/aromatic N) is 1. The molecule has 2 amide bonds. The lowest BCUT2D eigenvalue weighted by Gasteiger charge is -2.22. The molecule has 0 spiro atoms. The highest BCUT2D eigenvalue weighted by atomic mass is 35.5. The highest BCUT2D eigenvalue weighted by molar-refractivity contribution is 7.89. The zero-order chi connectivity index (χ0) is 19.5. The third-order valence-corrected chi connectivity index (χ3v) is 6.03. The molecule has 1 aliphatic rings. The van der Waals surface area contributed by atoms with Crippen LogP contribution in [0.5, 0.6) is 5.75 Å². The van der Waals surface area contributed by atoms with Crippen LogP contribution in [0.2, 0.25) is 5.02 Å². The van der Waals surface area contributed by atoms with E-state index in [4.69, 9.17) is 16.3 Å². The lowest BCUT2D eigenvalue weighted by atomic mass is 10.1. The number of hydrogen-bond donors (Lipinski definition) is 2. The summed E-state index contributed by atoms with van der Waals surface area (Å²) in [4.78, 5) is 23.1. The van der Waals surface area contributed by atoms with Gasteiger partial charge in [-0.15, -0.1) is 0 Å². The van der Waals surface area contributed by atoms with Crippen molar-refractivity contribution in [3.05, 3.63) is 17.2 Å². The first-order valence-corrected chi connectivity index (χ1v) is 9.92. The molecule has 2 N–H and O–H groups in total. The fraction of sp³-hybridized carbons (Fsp3) is 0.500. The number of anilines is 1. The molecule has 10 heteroatoms. The van der Waals surface area contributed by atoms with E-state index in [-0.39, 0.29) is 34.7 Å². The van der Waals surface area contributed by atoms with Crippen molar-refractivity contribution in [2.24, 2.45) is 5.92 Å². The molecule has 0 aliphatic carbocycles. The van der Waals surface area contributed by atoms with Gasteiger partial charge in [-0.05, 0) is 18.4 Å². The van der Waals surface area contributed by atoms with E-state index >= 15 is 0 Å². The van der Waals surface area contributed by atoms with Crippen LogP contribution in [0.25, 0.3) is 0 Å². The molecule has 2 rings (SSSR count). The van der Waals surface area contributed by atoms with Gasteiger partial charge >= 0.3 is 0 Å². The molecule has 0 unspecified atom stereocenters. The van der Waals surface area contributed by atoms with Crippen molar-refractivity contribution in [2.45, 2.75) is 25.2 Å². The highest BCUT2D eigenvalue weighted by Gasteiger charge is 2.28. The average Bonchev–Trinajstić information content (AvgIpc) is 2.53. The number of hydrogen-bond acceptors (Lipinski definition) is 5. The second-order valence-corrected chi connectivity index (χ2v) is 8.83. The van der Waals surface area contributed by atoms with Gasteiger partial charge in [-0.1, -0.05) is 25.4 Å². The molecular weight excluding hydrogens is 382 g/mol. The van der Waals surface area contributed by atoms with Crippen LogP contribution in [0.1, 0.15) is 20.3 Å². The molecule has 0 aromatic heterocycles. The van der Waals surface area contributed by atoms with Crippen LogP contribution in [0, 0.1) is 5.92 Å². The zero-order valence-corrected chi connectivity index (χ0v) is 16.4. The minimum absolute atomic E-state index is 0.0679. The molecule has 26 heavy (non-hydrogen) atoms. The number of likely N-dealkylation sites (N-methyl/N-ethyl adjacent to an activating group) is 1. The topological polar surface area (TPSA) is 105 Å². The van der Waals surface area contributed by atoms with Gasteiger partial charge in [0.1, 0.15) is 10.6 Å². The number of carbonyl (C=O) groups is 2. The van der Waals surface area contributed by atoms with Gasteiger partial charge in [-0.3, -0.25) is 9.59 Å². The lowest BCUT2D eigenvalue weighted by Crippen LogP contribution is -2.39. The summed E-state index contributed by atoms with van der Waals surface area (Å²) in [7, 11) is -2.70. The number of fused-ring (bicyclic) bond motifs is 1. The number of ether oxygens (including phenoxy) is 1. The van der Waals surface area contributed by atoms with E-state index in [9.17, 15) is 18.0 Å². The molecule has 1 aromatic carbocycles. The van der Waals surface area contributed by atoms with Crippen molar-refractivity contribution in [1.29, 1.82) is 0 Å². The second kappa shape index (κ2) is 8.24. The first-order chi connectivity index (χ1) is 12.1. The third-order valence-electron chi connectivity index (χ3n) is 3.77. The van der Waals surface area contributed by atoms with Gasteiger partial charge in [-0.25, -0.2) is 8.42 Å². The third kappa shape index (κ3) is 4.87. The van der Waals surface area contributed by atoms with E-state index in [0.717, 1.165) is 10.7 Å². The Bertz CT molecular complexity index is 810. The van der Waals surface area contributed by atoms with Crippen LogP contribution in [-0.4, -0.2) is 51.3 Å². The molecule has 0 saturated carbocycles. The maximum Gasteiger partial charge on any atom is 0.262 e. The first-order valence-electron chi connectivity index (χ1n) is 8.10. The van der Waals surface area contributed by atoms with Gasteiger partial charge in [0.2, 0.25) is 15.9 Å². The number of sulfonamides is 1. The molecule has 0 radical (unpaired) electrons. The van der Waals surface area contributed by atoms with Gasteiger partial charge in [0, 0.05) is 19.7 Å². The van der Waals surface area contributed by atoms with Crippen LogP contribution < -0.4 is 15.4 Å². The van der Waals surface area contributed by atoms with Gasteiger partial charge in [0.25, 0.3) is 5.91 Å². The van der Waals surface area contributed by atoms with Gasteiger partial charge in [-0.2, -0.15) is 4.31 Å². The SMILES string of the molecule is CC(C)CCNC(=O)CN(C)S(=O)(=O)c1cc2c(cc1Cl)NC(=O)CO2. The maximum atomic E-state index is 12.7. The number of halogens is 1. The van der Waals surface area contributed by atoms with E-state index in [0.29, 0.717) is 18.2 Å². The molecule has 0 bridgehead atoms. The fourth-order valence-corrected chi connectivity index (χ4v) is 3.93. The lowest BCUT2D eigenvalue weighted by molar-refractivity contribution is -0.121. The van der Waals surface area contributed by atoms with Gasteiger partial charge < -0.3 is 15.4 Å². The largest absolute Gasteiger partial charge is 0.482 e. The normalized spacial score (nSPS) is 14.0. The summed E-state index contributed by atoms with van der Waals surface area (Å²) >= 11 is 6.08. The average molecular weight is 404 g/mol. The quantitative estimate of drug-likeness (QED) is 0.717. The maximum absolute atomic E-state index is 12.7. The number of carbonyl (C=O) groups excluding carboxylic acids is 2. The molecule has 0 atom stereocenters. The number of rotatable bonds is 7. The van der Waals surface area contributed by atoms with Crippen molar-refractivity contribution in [3.8, 4) is 5.75 Å². The van der Waals surface area contributed by atoms with Gasteiger partial charge in [0.15, 0.2) is 6.61 Å². The Balaban J connectivity index is 2.14. The number of benzene rings is 1. The molecule has 8 nitrogen and oxygen atoms in total. The fourth-order valence-electron chi connectivity index (χ4n) is 2.29. The van der Waals surface area contributed by atoms with Crippen LogP contribution >= 0.6 is 11.6 Å². The molecule has 1 aromatic rings. The van der Waals surface area contributed by atoms with E-state index in [2.05, 4.69) is 10.6 Å². The summed E-state index contributed by atoms with van der Waals surface area (Å²) in [6, 6.07) is 2.57. The number of amides is 2. The summed E-state index contributed by atoms with van der Waals surface area (Å²) in [6.45, 7) is 4.02. The first kappa shape index (κ1) is 20.5. The van der Waals surface area contributed by atoms with Crippen LogP contribution in [0.4, 0.5) is 5.69 Å². The second-order valence-electron chi connectivity index (χ2n) is 6.41. The van der Waals surface area contributed by atoms with E-state index < -0.39 is 15.9 Å². The summed E-state index contributed by atoms with van der Waals surface area (Å²) < 4.78 is 31.6. The Hall–Kier alpha value is -1.84. The van der Waals surface area contributed by atoms with E-state index in [1.54, 1.807) is 0 Å². The summed E-state index contributed by atoms with van der Waals surface area (Å²) in [5.74, 6) is -0.0948.